The van der Waals surface area contributed by atoms with Gasteiger partial charge in [-0.3, -0.25) is 9.59 Å². The molecule has 1 aliphatic carbocycles. The number of hydrogen-bond acceptors (Lipinski definition) is 3. The number of carbonyl (C=O) groups excluding carboxylic acids is 2. The van der Waals surface area contributed by atoms with Crippen LogP contribution in [0.2, 0.25) is 0 Å². The first-order valence-electron chi connectivity index (χ1n) is 7.94. The number of amides is 2. The maximum absolute atomic E-state index is 12.0. The molecular weight excluding hydrogens is 296 g/mol. The van der Waals surface area contributed by atoms with Crippen LogP contribution in [0.3, 0.4) is 0 Å². The summed E-state index contributed by atoms with van der Waals surface area (Å²) < 4.78 is 0. The minimum absolute atomic E-state index is 0.0669. The summed E-state index contributed by atoms with van der Waals surface area (Å²) in [5, 5.41) is 11.8. The van der Waals surface area contributed by atoms with Crippen LogP contribution in [0, 0.1) is 0 Å². The Labute approximate surface area is 134 Å². The van der Waals surface area contributed by atoms with Crippen molar-refractivity contribution >= 4 is 17.8 Å². The molecule has 0 spiro atoms. The molecule has 2 amide bonds. The van der Waals surface area contributed by atoms with Crippen LogP contribution in [0.5, 0.6) is 0 Å². The van der Waals surface area contributed by atoms with Crippen LogP contribution in [0.25, 0.3) is 0 Å². The van der Waals surface area contributed by atoms with E-state index in [9.17, 15) is 14.4 Å². The fraction of sp³-hybridized carbons (Fsp3) is 0.471. The van der Waals surface area contributed by atoms with Gasteiger partial charge in [-0.1, -0.05) is 12.1 Å². The molecule has 1 heterocycles. The van der Waals surface area contributed by atoms with Gasteiger partial charge in [-0.2, -0.15) is 0 Å². The number of aryl methyl sites for hydroxylation is 1. The predicted octanol–water partition coefficient (Wildman–Crippen LogP) is 1.20. The minimum atomic E-state index is -0.958. The number of carboxylic acid groups (broad SMARTS) is 1. The molecule has 23 heavy (non-hydrogen) atoms. The maximum atomic E-state index is 12.0. The molecule has 3 rings (SSSR count). The number of likely N-dealkylation sites (tertiary alicyclic amines) is 1. The maximum Gasteiger partial charge on any atom is 0.335 e. The Morgan fingerprint density at radius 2 is 1.91 bits per heavy atom. The molecule has 122 valence electrons. The lowest BCUT2D eigenvalue weighted by Gasteiger charge is -2.16. The van der Waals surface area contributed by atoms with Gasteiger partial charge in [0.05, 0.1) is 11.6 Å². The standard InChI is InChI=1S/C17H20N2O4/c20-15(8-3-11-1-4-12(5-2-11)17(22)23)18-13-9-16(21)19(10-13)14-6-7-14/h1-2,4-5,13-14H,3,6-10H2,(H,18,20)(H,22,23). The Morgan fingerprint density at radius 1 is 1.22 bits per heavy atom. The van der Waals surface area contributed by atoms with Crippen molar-refractivity contribution in [2.24, 2.45) is 0 Å². The SMILES string of the molecule is O=C(CCc1ccc(C(=O)O)cc1)NC1CC(=O)N(C2CC2)C1. The third-order valence-corrected chi connectivity index (χ3v) is 4.35. The Morgan fingerprint density at radius 3 is 2.52 bits per heavy atom. The summed E-state index contributed by atoms with van der Waals surface area (Å²) in [6, 6.07) is 6.86. The van der Waals surface area contributed by atoms with Gasteiger partial charge in [0.15, 0.2) is 0 Å². The molecule has 2 fully saturated rings. The molecule has 1 aliphatic heterocycles. The summed E-state index contributed by atoms with van der Waals surface area (Å²) in [7, 11) is 0. The van der Waals surface area contributed by atoms with Crippen LogP contribution in [-0.2, 0) is 16.0 Å². The van der Waals surface area contributed by atoms with Crippen LogP contribution < -0.4 is 5.32 Å². The highest BCUT2D eigenvalue weighted by molar-refractivity contribution is 5.87. The Bertz CT molecular complexity index is 622. The molecule has 0 bridgehead atoms. The summed E-state index contributed by atoms with van der Waals surface area (Å²) in [4.78, 5) is 36.5. The van der Waals surface area contributed by atoms with Crippen molar-refractivity contribution in [3.8, 4) is 0 Å². The van der Waals surface area contributed by atoms with E-state index in [-0.39, 0.29) is 23.4 Å². The van der Waals surface area contributed by atoms with Gasteiger partial charge in [-0.15, -0.1) is 0 Å². The molecule has 1 aromatic rings. The van der Waals surface area contributed by atoms with Gasteiger partial charge < -0.3 is 15.3 Å². The van der Waals surface area contributed by atoms with Gasteiger partial charge in [-0.25, -0.2) is 4.79 Å². The third kappa shape index (κ3) is 3.88. The van der Waals surface area contributed by atoms with E-state index in [0.717, 1.165) is 18.4 Å². The largest absolute Gasteiger partial charge is 0.478 e. The van der Waals surface area contributed by atoms with Crippen molar-refractivity contribution < 1.29 is 19.5 Å². The minimum Gasteiger partial charge on any atom is -0.478 e. The van der Waals surface area contributed by atoms with Crippen molar-refractivity contribution in [3.63, 3.8) is 0 Å². The lowest BCUT2D eigenvalue weighted by Crippen LogP contribution is -2.37. The fourth-order valence-electron chi connectivity index (χ4n) is 2.94. The van der Waals surface area contributed by atoms with Crippen molar-refractivity contribution in [2.75, 3.05) is 6.54 Å². The van der Waals surface area contributed by atoms with Crippen LogP contribution in [0.4, 0.5) is 0 Å². The van der Waals surface area contributed by atoms with Gasteiger partial charge in [-0.05, 0) is 37.0 Å². The van der Waals surface area contributed by atoms with Gasteiger partial charge >= 0.3 is 5.97 Å². The number of hydrogen-bond donors (Lipinski definition) is 2. The van der Waals surface area contributed by atoms with Gasteiger partial charge in [0.1, 0.15) is 0 Å². The second kappa shape index (κ2) is 6.40. The molecule has 1 unspecified atom stereocenters. The second-order valence-corrected chi connectivity index (χ2v) is 6.25. The predicted molar refractivity (Wildman–Crippen MR) is 83.0 cm³/mol. The fourth-order valence-corrected chi connectivity index (χ4v) is 2.94. The molecule has 2 N–H and O–H groups in total. The number of nitrogens with one attached hydrogen (secondary N) is 1. The topological polar surface area (TPSA) is 86.7 Å². The first-order valence-corrected chi connectivity index (χ1v) is 7.94. The summed E-state index contributed by atoms with van der Waals surface area (Å²) >= 11 is 0. The smallest absolute Gasteiger partial charge is 0.335 e. The van der Waals surface area contributed by atoms with Gasteiger partial charge in [0.25, 0.3) is 0 Å². The second-order valence-electron chi connectivity index (χ2n) is 6.25. The molecule has 0 aromatic heterocycles. The molecular formula is C17H20N2O4. The highest BCUT2D eigenvalue weighted by atomic mass is 16.4. The lowest BCUT2D eigenvalue weighted by atomic mass is 10.1. The summed E-state index contributed by atoms with van der Waals surface area (Å²) in [6.07, 6.45) is 3.45. The Balaban J connectivity index is 1.44. The number of aromatic carboxylic acids is 1. The van der Waals surface area contributed by atoms with Crippen LogP contribution in [0.15, 0.2) is 24.3 Å². The zero-order valence-corrected chi connectivity index (χ0v) is 12.8. The van der Waals surface area contributed by atoms with E-state index in [1.807, 2.05) is 4.90 Å². The van der Waals surface area contributed by atoms with E-state index in [2.05, 4.69) is 5.32 Å². The van der Waals surface area contributed by atoms with Gasteiger partial charge in [0.2, 0.25) is 11.8 Å². The number of benzene rings is 1. The van der Waals surface area contributed by atoms with Crippen molar-refractivity contribution in [2.45, 2.75) is 44.2 Å². The first-order chi connectivity index (χ1) is 11.0. The van der Waals surface area contributed by atoms with E-state index >= 15 is 0 Å². The normalized spacial score (nSPS) is 20.6. The number of carboxylic acids is 1. The van der Waals surface area contributed by atoms with E-state index in [1.165, 1.54) is 0 Å². The van der Waals surface area contributed by atoms with Crippen molar-refractivity contribution in [1.29, 1.82) is 0 Å². The molecule has 1 aromatic carbocycles. The first kappa shape index (κ1) is 15.5. The Kier molecular flexibility index (Phi) is 4.32. The van der Waals surface area contributed by atoms with Gasteiger partial charge in [0, 0.05) is 25.4 Å². The highest BCUT2D eigenvalue weighted by Crippen LogP contribution is 2.30. The van der Waals surface area contributed by atoms with Crippen LogP contribution >= 0.6 is 0 Å². The average Bonchev–Trinajstić information content (AvgIpc) is 3.30. The molecule has 2 aliphatic rings. The monoisotopic (exact) mass is 316 g/mol. The zero-order chi connectivity index (χ0) is 16.4. The quantitative estimate of drug-likeness (QED) is 0.825. The average molecular weight is 316 g/mol. The number of rotatable bonds is 6. The van der Waals surface area contributed by atoms with E-state index < -0.39 is 5.97 Å². The third-order valence-electron chi connectivity index (χ3n) is 4.35. The van der Waals surface area contributed by atoms with Crippen molar-refractivity contribution in [3.05, 3.63) is 35.4 Å². The van der Waals surface area contributed by atoms with E-state index in [0.29, 0.717) is 31.8 Å². The van der Waals surface area contributed by atoms with Crippen LogP contribution in [-0.4, -0.2) is 46.4 Å². The van der Waals surface area contributed by atoms with E-state index in [1.54, 1.807) is 24.3 Å². The Hall–Kier alpha value is -2.37. The summed E-state index contributed by atoms with van der Waals surface area (Å²) in [5.74, 6) is -0.884. The molecule has 0 radical (unpaired) electrons. The van der Waals surface area contributed by atoms with Crippen molar-refractivity contribution in [1.82, 2.24) is 10.2 Å². The zero-order valence-electron chi connectivity index (χ0n) is 12.8. The molecule has 1 saturated carbocycles. The number of nitrogens with zero attached hydrogens (tertiary/aromatic N) is 1. The molecule has 6 nitrogen and oxygen atoms in total. The highest BCUT2D eigenvalue weighted by Gasteiger charge is 2.39. The lowest BCUT2D eigenvalue weighted by molar-refractivity contribution is -0.128. The number of carbonyl (C=O) groups is 3. The molecule has 1 saturated heterocycles. The molecule has 6 heteroatoms. The molecule has 1 atom stereocenters. The van der Waals surface area contributed by atoms with Crippen LogP contribution in [0.1, 0.15) is 41.6 Å². The summed E-state index contributed by atoms with van der Waals surface area (Å²) in [5.41, 5.74) is 1.16. The summed E-state index contributed by atoms with van der Waals surface area (Å²) in [6.45, 7) is 0.628. The van der Waals surface area contributed by atoms with E-state index in [4.69, 9.17) is 5.11 Å².